The second kappa shape index (κ2) is 7.98. The molecule has 0 unspecified atom stereocenters. The maximum absolute atomic E-state index is 14.4. The minimum Gasteiger partial charge on any atom is -0.378 e. The molecule has 0 saturated carbocycles. The third kappa shape index (κ3) is 4.29. The molecule has 26 heavy (non-hydrogen) atoms. The predicted molar refractivity (Wildman–Crippen MR) is 97.2 cm³/mol. The maximum Gasteiger partial charge on any atom is 0.241 e. The lowest BCUT2D eigenvalue weighted by atomic mass is 10.1. The molecule has 0 spiro atoms. The first-order valence-electron chi connectivity index (χ1n) is 8.24. The fraction of sp³-hybridized carbons (Fsp3) is 0.353. The summed E-state index contributed by atoms with van der Waals surface area (Å²) in [5, 5.41) is 3.06. The molecule has 1 aromatic heterocycles. The lowest BCUT2D eigenvalue weighted by Gasteiger charge is -2.29. The number of sulfonamides is 1. The topological polar surface area (TPSA) is 83.6 Å². The molecular formula is C17H21FN4O3S. The van der Waals surface area contributed by atoms with E-state index >= 15 is 0 Å². The standard InChI is InChI=1S/C17H21FN4O3S/c1-19-26(23,24)14-3-5-17(21-12-14)20-11-13-2-4-16(15(18)10-13)22-6-8-25-9-7-22/h2-5,10,12,19H,6-9,11H2,1H3,(H,20,21). The molecular weight excluding hydrogens is 359 g/mol. The van der Waals surface area contributed by atoms with Crippen molar-refractivity contribution < 1.29 is 17.5 Å². The van der Waals surface area contributed by atoms with Crippen molar-refractivity contribution in [2.24, 2.45) is 0 Å². The van der Waals surface area contributed by atoms with E-state index in [4.69, 9.17) is 4.74 Å². The summed E-state index contributed by atoms with van der Waals surface area (Å²) in [5.74, 6) is 0.243. The van der Waals surface area contributed by atoms with E-state index in [0.29, 0.717) is 44.4 Å². The van der Waals surface area contributed by atoms with Crippen molar-refractivity contribution in [2.45, 2.75) is 11.4 Å². The van der Waals surface area contributed by atoms with Crippen molar-refractivity contribution >= 4 is 21.5 Å². The van der Waals surface area contributed by atoms with Gasteiger partial charge < -0.3 is 15.0 Å². The van der Waals surface area contributed by atoms with Gasteiger partial charge in [0.1, 0.15) is 16.5 Å². The van der Waals surface area contributed by atoms with E-state index in [9.17, 15) is 12.8 Å². The molecule has 7 nitrogen and oxygen atoms in total. The Morgan fingerprint density at radius 1 is 1.23 bits per heavy atom. The largest absolute Gasteiger partial charge is 0.378 e. The quantitative estimate of drug-likeness (QED) is 0.792. The number of rotatable bonds is 6. The molecule has 140 valence electrons. The van der Waals surface area contributed by atoms with Crippen LogP contribution in [-0.2, 0) is 21.3 Å². The number of ether oxygens (including phenoxy) is 1. The van der Waals surface area contributed by atoms with Crippen LogP contribution in [0.2, 0.25) is 0 Å². The molecule has 1 fully saturated rings. The molecule has 9 heteroatoms. The van der Waals surface area contributed by atoms with Gasteiger partial charge in [0, 0.05) is 25.8 Å². The van der Waals surface area contributed by atoms with Gasteiger partial charge in [-0.1, -0.05) is 6.07 Å². The Bertz CT molecular complexity index is 853. The van der Waals surface area contributed by atoms with E-state index < -0.39 is 10.0 Å². The highest BCUT2D eigenvalue weighted by molar-refractivity contribution is 7.89. The summed E-state index contributed by atoms with van der Waals surface area (Å²) in [6.45, 7) is 2.95. The van der Waals surface area contributed by atoms with Crippen LogP contribution in [0.15, 0.2) is 41.4 Å². The van der Waals surface area contributed by atoms with Gasteiger partial charge >= 0.3 is 0 Å². The molecule has 2 aromatic rings. The number of nitrogens with zero attached hydrogens (tertiary/aromatic N) is 2. The number of hydrogen-bond donors (Lipinski definition) is 2. The fourth-order valence-electron chi connectivity index (χ4n) is 2.68. The third-order valence-electron chi connectivity index (χ3n) is 4.15. The SMILES string of the molecule is CNS(=O)(=O)c1ccc(NCc2ccc(N3CCOCC3)c(F)c2)nc1. The first kappa shape index (κ1) is 18.6. The molecule has 1 saturated heterocycles. The van der Waals surface area contributed by atoms with Gasteiger partial charge in [0.2, 0.25) is 10.0 Å². The van der Waals surface area contributed by atoms with Gasteiger partial charge in [-0.15, -0.1) is 0 Å². The summed E-state index contributed by atoms with van der Waals surface area (Å²) < 4.78 is 45.2. The van der Waals surface area contributed by atoms with E-state index in [-0.39, 0.29) is 10.7 Å². The Hall–Kier alpha value is -2.23. The van der Waals surface area contributed by atoms with Crippen molar-refractivity contribution in [3.63, 3.8) is 0 Å². The summed E-state index contributed by atoms with van der Waals surface area (Å²) in [6.07, 6.45) is 1.27. The van der Waals surface area contributed by atoms with Crippen LogP contribution in [-0.4, -0.2) is 46.8 Å². The highest BCUT2D eigenvalue weighted by atomic mass is 32.2. The second-order valence-electron chi connectivity index (χ2n) is 5.83. The predicted octanol–water partition coefficient (Wildman–Crippen LogP) is 1.58. The Labute approximate surface area is 152 Å². The van der Waals surface area contributed by atoms with Gasteiger partial charge in [-0.3, -0.25) is 0 Å². The van der Waals surface area contributed by atoms with Crippen LogP contribution in [0, 0.1) is 5.82 Å². The van der Waals surface area contributed by atoms with Crippen molar-refractivity contribution in [1.29, 1.82) is 0 Å². The number of nitrogens with one attached hydrogen (secondary N) is 2. The van der Waals surface area contributed by atoms with Crippen molar-refractivity contribution in [2.75, 3.05) is 43.6 Å². The number of anilines is 2. The average molecular weight is 380 g/mol. The van der Waals surface area contributed by atoms with Crippen LogP contribution in [0.25, 0.3) is 0 Å². The van der Waals surface area contributed by atoms with E-state index in [1.807, 2.05) is 11.0 Å². The normalized spacial score (nSPS) is 15.1. The van der Waals surface area contributed by atoms with E-state index in [0.717, 1.165) is 5.56 Å². The average Bonchev–Trinajstić information content (AvgIpc) is 2.67. The minimum atomic E-state index is -3.51. The Balaban J connectivity index is 1.63. The maximum atomic E-state index is 14.4. The van der Waals surface area contributed by atoms with Crippen molar-refractivity contribution in [3.05, 3.63) is 47.9 Å². The summed E-state index contributed by atoms with van der Waals surface area (Å²) in [6, 6.07) is 8.16. The van der Waals surface area contributed by atoms with Gasteiger partial charge in [-0.2, -0.15) is 0 Å². The Kier molecular flexibility index (Phi) is 5.70. The lowest BCUT2D eigenvalue weighted by molar-refractivity contribution is 0.122. The molecule has 2 heterocycles. The highest BCUT2D eigenvalue weighted by Gasteiger charge is 2.15. The molecule has 1 aromatic carbocycles. The number of pyridine rings is 1. The van der Waals surface area contributed by atoms with Crippen LogP contribution >= 0.6 is 0 Å². The molecule has 1 aliphatic heterocycles. The zero-order valence-electron chi connectivity index (χ0n) is 14.4. The molecule has 2 N–H and O–H groups in total. The highest BCUT2D eigenvalue weighted by Crippen LogP contribution is 2.22. The molecule has 0 atom stereocenters. The molecule has 0 amide bonds. The zero-order chi connectivity index (χ0) is 18.6. The monoisotopic (exact) mass is 380 g/mol. The summed E-state index contributed by atoms with van der Waals surface area (Å²) in [5.41, 5.74) is 1.35. The van der Waals surface area contributed by atoms with Crippen molar-refractivity contribution in [1.82, 2.24) is 9.71 Å². The van der Waals surface area contributed by atoms with E-state index in [1.54, 1.807) is 12.1 Å². The van der Waals surface area contributed by atoms with Crippen LogP contribution in [0.4, 0.5) is 15.9 Å². The summed E-state index contributed by atoms with van der Waals surface area (Å²) >= 11 is 0. The molecule has 0 bridgehead atoms. The molecule has 3 rings (SSSR count). The summed E-state index contributed by atoms with van der Waals surface area (Å²) in [7, 11) is -2.16. The van der Waals surface area contributed by atoms with Crippen LogP contribution in [0.5, 0.6) is 0 Å². The molecule has 0 radical (unpaired) electrons. The fourth-order valence-corrected chi connectivity index (χ4v) is 3.35. The second-order valence-corrected chi connectivity index (χ2v) is 7.71. The van der Waals surface area contributed by atoms with Crippen molar-refractivity contribution in [3.8, 4) is 0 Å². The molecule has 1 aliphatic rings. The number of benzene rings is 1. The first-order chi connectivity index (χ1) is 12.5. The zero-order valence-corrected chi connectivity index (χ0v) is 15.2. The first-order valence-corrected chi connectivity index (χ1v) is 9.72. The Morgan fingerprint density at radius 3 is 2.62 bits per heavy atom. The van der Waals surface area contributed by atoms with Gasteiger partial charge in [-0.25, -0.2) is 22.5 Å². The number of aromatic nitrogens is 1. The Morgan fingerprint density at radius 2 is 2.00 bits per heavy atom. The van der Waals surface area contributed by atoms with E-state index in [1.165, 1.54) is 25.4 Å². The van der Waals surface area contributed by atoms with Gasteiger partial charge in [0.15, 0.2) is 0 Å². The smallest absolute Gasteiger partial charge is 0.241 e. The van der Waals surface area contributed by atoms with Gasteiger partial charge in [-0.05, 0) is 36.9 Å². The third-order valence-corrected chi connectivity index (χ3v) is 5.55. The van der Waals surface area contributed by atoms with Gasteiger partial charge in [0.25, 0.3) is 0 Å². The lowest BCUT2D eigenvalue weighted by Crippen LogP contribution is -2.36. The number of hydrogen-bond acceptors (Lipinski definition) is 6. The van der Waals surface area contributed by atoms with E-state index in [2.05, 4.69) is 15.0 Å². The minimum absolute atomic E-state index is 0.0893. The number of morpholine rings is 1. The van der Waals surface area contributed by atoms with Crippen LogP contribution in [0.3, 0.4) is 0 Å². The van der Waals surface area contributed by atoms with Crippen LogP contribution in [0.1, 0.15) is 5.56 Å². The van der Waals surface area contributed by atoms with Crippen LogP contribution < -0.4 is 14.9 Å². The number of halogens is 1. The molecule has 0 aliphatic carbocycles. The van der Waals surface area contributed by atoms with Gasteiger partial charge in [0.05, 0.1) is 18.9 Å². The summed E-state index contributed by atoms with van der Waals surface area (Å²) in [4.78, 5) is 6.14.